The lowest BCUT2D eigenvalue weighted by Crippen LogP contribution is -2.30. The van der Waals surface area contributed by atoms with Crippen LogP contribution in [0.4, 0.5) is 0 Å². The average Bonchev–Trinajstić information content (AvgIpc) is 3.16. The summed E-state index contributed by atoms with van der Waals surface area (Å²) in [5.74, 6) is 0.557. The molecule has 1 aliphatic heterocycles. The standard InChI is InChI=1S/C25H23N3O6S/c1-32-21-12-6-3-9-18(21)17-26-28(24-20-11-5-8-14-23(20)35(30,31)27-24)15-16-34-25(29)19-10-4-7-13-22(19)33-2/h3-14,17H,15-16H2,1-2H3/b26-17+. The van der Waals surface area contributed by atoms with Crippen LogP contribution in [-0.4, -0.2) is 58.8 Å². The van der Waals surface area contributed by atoms with Gasteiger partial charge in [-0.15, -0.1) is 4.40 Å². The number of hydrogen-bond donors (Lipinski definition) is 0. The van der Waals surface area contributed by atoms with Gasteiger partial charge in [0, 0.05) is 11.1 Å². The molecule has 0 unspecified atom stereocenters. The summed E-state index contributed by atoms with van der Waals surface area (Å²) in [4.78, 5) is 12.7. The first-order valence-corrected chi connectivity index (χ1v) is 12.1. The van der Waals surface area contributed by atoms with Crippen molar-refractivity contribution in [1.29, 1.82) is 0 Å². The SMILES string of the molecule is COc1ccccc1/C=N/N(CCOC(=O)c1ccccc1OC)C1=NS(=O)(=O)c2ccccc21. The van der Waals surface area contributed by atoms with Crippen molar-refractivity contribution >= 4 is 28.0 Å². The summed E-state index contributed by atoms with van der Waals surface area (Å²) < 4.78 is 45.1. The Hall–Kier alpha value is -4.18. The zero-order valence-corrected chi connectivity index (χ0v) is 19.9. The van der Waals surface area contributed by atoms with Crippen LogP contribution in [0.3, 0.4) is 0 Å². The van der Waals surface area contributed by atoms with Crippen molar-refractivity contribution in [2.24, 2.45) is 9.50 Å². The van der Waals surface area contributed by atoms with Crippen molar-refractivity contribution in [2.45, 2.75) is 4.90 Å². The maximum Gasteiger partial charge on any atom is 0.341 e. The van der Waals surface area contributed by atoms with Crippen LogP contribution in [-0.2, 0) is 14.8 Å². The van der Waals surface area contributed by atoms with E-state index in [2.05, 4.69) is 9.50 Å². The number of carbonyl (C=O) groups excluding carboxylic acids is 1. The van der Waals surface area contributed by atoms with Crippen LogP contribution in [0.5, 0.6) is 11.5 Å². The molecule has 3 aromatic carbocycles. The number of methoxy groups -OCH3 is 2. The maximum absolute atomic E-state index is 12.6. The summed E-state index contributed by atoms with van der Waals surface area (Å²) in [6, 6.07) is 20.5. The minimum atomic E-state index is -3.87. The fraction of sp³-hybridized carbons (Fsp3) is 0.160. The summed E-state index contributed by atoms with van der Waals surface area (Å²) in [5, 5.41) is 5.86. The van der Waals surface area contributed by atoms with Crippen molar-refractivity contribution in [3.05, 3.63) is 89.5 Å². The van der Waals surface area contributed by atoms with Crippen molar-refractivity contribution < 1.29 is 27.4 Å². The van der Waals surface area contributed by atoms with Crippen molar-refractivity contribution in [2.75, 3.05) is 27.4 Å². The van der Waals surface area contributed by atoms with E-state index in [-0.39, 0.29) is 29.4 Å². The Kier molecular flexibility index (Phi) is 7.11. The molecular weight excluding hydrogens is 470 g/mol. The highest BCUT2D eigenvalue weighted by atomic mass is 32.2. The number of carbonyl (C=O) groups is 1. The molecular formula is C25H23N3O6S. The number of esters is 1. The van der Waals surface area contributed by atoms with Crippen LogP contribution in [0.1, 0.15) is 21.5 Å². The lowest BCUT2D eigenvalue weighted by atomic mass is 10.2. The molecule has 0 atom stereocenters. The summed E-state index contributed by atoms with van der Waals surface area (Å²) in [7, 11) is -0.849. The lowest BCUT2D eigenvalue weighted by Gasteiger charge is -2.19. The number of ether oxygens (including phenoxy) is 3. The van der Waals surface area contributed by atoms with Gasteiger partial charge in [-0.2, -0.15) is 13.5 Å². The Bertz CT molecular complexity index is 1400. The first-order valence-electron chi connectivity index (χ1n) is 10.6. The molecule has 0 spiro atoms. The Morgan fingerprint density at radius 1 is 0.943 bits per heavy atom. The molecule has 180 valence electrons. The monoisotopic (exact) mass is 493 g/mol. The molecule has 0 amide bonds. The third-order valence-electron chi connectivity index (χ3n) is 5.20. The Balaban J connectivity index is 1.60. The topological polar surface area (TPSA) is 107 Å². The van der Waals surface area contributed by atoms with Gasteiger partial charge in [-0.25, -0.2) is 9.80 Å². The van der Waals surface area contributed by atoms with E-state index in [1.54, 1.807) is 55.6 Å². The highest BCUT2D eigenvalue weighted by molar-refractivity contribution is 7.90. The minimum absolute atomic E-state index is 0.0508. The normalized spacial score (nSPS) is 13.7. The zero-order chi connectivity index (χ0) is 24.8. The number of nitrogens with zero attached hydrogens (tertiary/aromatic N) is 3. The van der Waals surface area contributed by atoms with Gasteiger partial charge >= 0.3 is 5.97 Å². The number of para-hydroxylation sites is 2. The van der Waals surface area contributed by atoms with Gasteiger partial charge in [0.2, 0.25) is 0 Å². The average molecular weight is 494 g/mol. The first kappa shape index (κ1) is 24.0. The first-order chi connectivity index (χ1) is 16.9. The fourth-order valence-electron chi connectivity index (χ4n) is 3.51. The molecule has 1 heterocycles. The molecule has 0 saturated carbocycles. The van der Waals surface area contributed by atoms with Gasteiger partial charge in [-0.3, -0.25) is 0 Å². The number of sulfonamides is 1. The smallest absolute Gasteiger partial charge is 0.341 e. The van der Waals surface area contributed by atoms with Crippen LogP contribution in [0.25, 0.3) is 0 Å². The van der Waals surface area contributed by atoms with E-state index in [0.717, 1.165) is 0 Å². The van der Waals surface area contributed by atoms with Crippen LogP contribution in [0.15, 0.2) is 87.2 Å². The number of hydrogen-bond acceptors (Lipinski definition) is 8. The van der Waals surface area contributed by atoms with Crippen LogP contribution in [0, 0.1) is 0 Å². The zero-order valence-electron chi connectivity index (χ0n) is 19.1. The highest BCUT2D eigenvalue weighted by Crippen LogP contribution is 2.28. The van der Waals surface area contributed by atoms with Gasteiger partial charge in [0.05, 0.1) is 27.0 Å². The number of benzene rings is 3. The molecule has 0 radical (unpaired) electrons. The molecule has 0 aliphatic carbocycles. The molecule has 0 bridgehead atoms. The third-order valence-corrected chi connectivity index (χ3v) is 6.52. The molecule has 1 aliphatic rings. The number of fused-ring (bicyclic) bond motifs is 1. The van der Waals surface area contributed by atoms with Crippen molar-refractivity contribution in [1.82, 2.24) is 5.01 Å². The van der Waals surface area contributed by atoms with Gasteiger partial charge < -0.3 is 14.2 Å². The van der Waals surface area contributed by atoms with E-state index < -0.39 is 16.0 Å². The molecule has 0 fully saturated rings. The molecule has 9 nitrogen and oxygen atoms in total. The molecule has 0 N–H and O–H groups in total. The van der Waals surface area contributed by atoms with Crippen molar-refractivity contribution in [3.63, 3.8) is 0 Å². The van der Waals surface area contributed by atoms with Gasteiger partial charge in [-0.1, -0.05) is 36.4 Å². The van der Waals surface area contributed by atoms with E-state index >= 15 is 0 Å². The Morgan fingerprint density at radius 2 is 1.60 bits per heavy atom. The van der Waals surface area contributed by atoms with Gasteiger partial charge in [0.1, 0.15) is 28.6 Å². The minimum Gasteiger partial charge on any atom is -0.496 e. The van der Waals surface area contributed by atoms with E-state index in [4.69, 9.17) is 14.2 Å². The van der Waals surface area contributed by atoms with Crippen LogP contribution in [0.2, 0.25) is 0 Å². The van der Waals surface area contributed by atoms with E-state index in [9.17, 15) is 13.2 Å². The highest BCUT2D eigenvalue weighted by Gasteiger charge is 2.31. The van der Waals surface area contributed by atoms with Crippen LogP contribution < -0.4 is 9.47 Å². The Labute approximate surface area is 203 Å². The second-order valence-electron chi connectivity index (χ2n) is 7.33. The molecule has 0 aromatic heterocycles. The summed E-state index contributed by atoms with van der Waals surface area (Å²) in [6.07, 6.45) is 1.54. The molecule has 3 aromatic rings. The molecule has 4 rings (SSSR count). The van der Waals surface area contributed by atoms with Gasteiger partial charge in [0.15, 0.2) is 5.84 Å². The number of rotatable bonds is 8. The van der Waals surface area contributed by atoms with Crippen LogP contribution >= 0.6 is 0 Å². The van der Waals surface area contributed by atoms with Crippen molar-refractivity contribution in [3.8, 4) is 11.5 Å². The lowest BCUT2D eigenvalue weighted by molar-refractivity contribution is 0.0483. The van der Waals surface area contributed by atoms with E-state index in [1.807, 2.05) is 18.2 Å². The Morgan fingerprint density at radius 3 is 2.37 bits per heavy atom. The molecule has 10 heteroatoms. The second kappa shape index (κ2) is 10.4. The molecule has 0 saturated heterocycles. The number of amidine groups is 1. The summed E-state index contributed by atoms with van der Waals surface area (Å²) >= 11 is 0. The van der Waals surface area contributed by atoms with Gasteiger partial charge in [0.25, 0.3) is 10.0 Å². The maximum atomic E-state index is 12.6. The fourth-order valence-corrected chi connectivity index (χ4v) is 4.72. The van der Waals surface area contributed by atoms with Gasteiger partial charge in [-0.05, 0) is 36.4 Å². The molecule has 35 heavy (non-hydrogen) atoms. The number of hydrazone groups is 1. The quantitative estimate of drug-likeness (QED) is 0.269. The third kappa shape index (κ3) is 5.17. The van der Waals surface area contributed by atoms with E-state index in [0.29, 0.717) is 22.6 Å². The van der Waals surface area contributed by atoms with E-state index in [1.165, 1.54) is 24.4 Å². The largest absolute Gasteiger partial charge is 0.496 e. The second-order valence-corrected chi connectivity index (χ2v) is 8.90. The summed E-state index contributed by atoms with van der Waals surface area (Å²) in [5.41, 5.74) is 1.38. The summed E-state index contributed by atoms with van der Waals surface area (Å²) in [6.45, 7) is -0.0311. The predicted molar refractivity (Wildman–Crippen MR) is 131 cm³/mol. The predicted octanol–water partition coefficient (Wildman–Crippen LogP) is 3.35.